The molecule has 2 amide bonds. The van der Waals surface area contributed by atoms with E-state index in [9.17, 15) is 9.59 Å². The maximum atomic E-state index is 12.5. The van der Waals surface area contributed by atoms with Crippen LogP contribution in [-0.2, 0) is 16.1 Å². The average Bonchev–Trinajstić information content (AvgIpc) is 2.60. The van der Waals surface area contributed by atoms with E-state index in [1.165, 1.54) is 0 Å². The summed E-state index contributed by atoms with van der Waals surface area (Å²) in [5.74, 6) is -0.874. The van der Waals surface area contributed by atoms with Gasteiger partial charge < -0.3 is 10.6 Å². The molecule has 0 aliphatic carbocycles. The molecule has 0 saturated heterocycles. The van der Waals surface area contributed by atoms with Crippen LogP contribution in [0.2, 0.25) is 5.02 Å². The van der Waals surface area contributed by atoms with Gasteiger partial charge in [-0.15, -0.1) is 0 Å². The van der Waals surface area contributed by atoms with Gasteiger partial charge >= 0.3 is 0 Å². The molecular formula is C19H18ClN3O2. The summed E-state index contributed by atoms with van der Waals surface area (Å²) in [7, 11) is 0. The second kappa shape index (κ2) is 7.82. The first kappa shape index (κ1) is 18.5. The van der Waals surface area contributed by atoms with E-state index in [1.807, 2.05) is 18.2 Å². The van der Waals surface area contributed by atoms with Crippen LogP contribution in [0.5, 0.6) is 0 Å². The molecule has 0 atom stereocenters. The lowest BCUT2D eigenvalue weighted by Gasteiger charge is -2.23. The Morgan fingerprint density at radius 3 is 2.52 bits per heavy atom. The van der Waals surface area contributed by atoms with Crippen LogP contribution in [0.1, 0.15) is 25.0 Å². The maximum Gasteiger partial charge on any atom is 0.239 e. The zero-order valence-electron chi connectivity index (χ0n) is 14.0. The summed E-state index contributed by atoms with van der Waals surface area (Å²) in [6.07, 6.45) is 0. The zero-order chi connectivity index (χ0) is 18.4. The molecule has 128 valence electrons. The van der Waals surface area contributed by atoms with E-state index in [2.05, 4.69) is 10.6 Å². The first-order chi connectivity index (χ1) is 11.8. The third-order valence-electron chi connectivity index (χ3n) is 3.78. The molecule has 0 heterocycles. The molecule has 0 bridgehead atoms. The lowest BCUT2D eigenvalue weighted by atomic mass is 9.90. The molecule has 0 aliphatic heterocycles. The molecule has 2 aromatic carbocycles. The van der Waals surface area contributed by atoms with Crippen molar-refractivity contribution in [1.29, 1.82) is 5.26 Å². The largest absolute Gasteiger partial charge is 0.351 e. The van der Waals surface area contributed by atoms with Crippen molar-refractivity contribution in [2.24, 2.45) is 5.41 Å². The summed E-state index contributed by atoms with van der Waals surface area (Å²) in [5.41, 5.74) is 0.384. The van der Waals surface area contributed by atoms with Gasteiger partial charge in [0, 0.05) is 17.3 Å². The van der Waals surface area contributed by atoms with Crippen LogP contribution in [0.3, 0.4) is 0 Å². The lowest BCUT2D eigenvalue weighted by molar-refractivity contribution is -0.138. The molecule has 2 N–H and O–H groups in total. The highest BCUT2D eigenvalue weighted by molar-refractivity contribution is 6.31. The van der Waals surface area contributed by atoms with Gasteiger partial charge in [-0.25, -0.2) is 0 Å². The summed E-state index contributed by atoms with van der Waals surface area (Å²) in [6.45, 7) is 3.32. The van der Waals surface area contributed by atoms with Gasteiger partial charge in [-0.2, -0.15) is 5.26 Å². The van der Waals surface area contributed by atoms with Gasteiger partial charge in [0.1, 0.15) is 5.41 Å². The summed E-state index contributed by atoms with van der Waals surface area (Å²) < 4.78 is 0. The number of hydrogen-bond donors (Lipinski definition) is 2. The Morgan fingerprint density at radius 2 is 1.84 bits per heavy atom. The van der Waals surface area contributed by atoms with Gasteiger partial charge in [-0.1, -0.05) is 35.9 Å². The summed E-state index contributed by atoms with van der Waals surface area (Å²) >= 11 is 6.06. The van der Waals surface area contributed by atoms with Crippen LogP contribution >= 0.6 is 11.6 Å². The van der Waals surface area contributed by atoms with Crippen molar-refractivity contribution in [3.63, 3.8) is 0 Å². The molecule has 0 radical (unpaired) electrons. The van der Waals surface area contributed by atoms with E-state index in [4.69, 9.17) is 16.9 Å². The van der Waals surface area contributed by atoms with E-state index in [-0.39, 0.29) is 6.54 Å². The second-order valence-corrected chi connectivity index (χ2v) is 6.45. The van der Waals surface area contributed by atoms with E-state index >= 15 is 0 Å². The van der Waals surface area contributed by atoms with E-state index in [1.54, 1.807) is 50.2 Å². The molecule has 6 heteroatoms. The van der Waals surface area contributed by atoms with Crippen LogP contribution in [0.25, 0.3) is 0 Å². The molecule has 2 aromatic rings. The summed E-state index contributed by atoms with van der Waals surface area (Å²) in [5, 5.41) is 14.9. The monoisotopic (exact) mass is 355 g/mol. The molecule has 0 spiro atoms. The highest BCUT2D eigenvalue weighted by Gasteiger charge is 2.36. The molecular weight excluding hydrogens is 338 g/mol. The predicted octanol–water partition coefficient (Wildman–Crippen LogP) is 3.49. The average molecular weight is 356 g/mol. The van der Waals surface area contributed by atoms with Gasteiger partial charge in [0.2, 0.25) is 11.8 Å². The number of nitrogens with one attached hydrogen (secondary N) is 2. The molecule has 0 saturated carbocycles. The normalized spacial score (nSPS) is 10.6. The van der Waals surface area contributed by atoms with E-state index in [0.717, 1.165) is 5.56 Å². The number of nitrogens with zero attached hydrogens (tertiary/aromatic N) is 1. The standard InChI is InChI=1S/C19H18ClN3O2/c1-19(2,17(24)22-12-14-7-3-4-9-16(14)20)18(25)23-15-8-5-6-13(10-15)11-21/h3-10H,12H2,1-2H3,(H,22,24)(H,23,25). The third kappa shape index (κ3) is 4.59. The molecule has 0 aliphatic rings. The van der Waals surface area contributed by atoms with Crippen molar-refractivity contribution in [3.05, 3.63) is 64.7 Å². The maximum absolute atomic E-state index is 12.5. The number of amides is 2. The van der Waals surface area contributed by atoms with Crippen molar-refractivity contribution in [3.8, 4) is 6.07 Å². The molecule has 0 fully saturated rings. The van der Waals surface area contributed by atoms with E-state index in [0.29, 0.717) is 16.3 Å². The highest BCUT2D eigenvalue weighted by atomic mass is 35.5. The van der Waals surface area contributed by atoms with Crippen molar-refractivity contribution in [2.45, 2.75) is 20.4 Å². The van der Waals surface area contributed by atoms with Crippen molar-refractivity contribution in [2.75, 3.05) is 5.32 Å². The quantitative estimate of drug-likeness (QED) is 0.805. The smallest absolute Gasteiger partial charge is 0.239 e. The van der Waals surface area contributed by atoms with Crippen LogP contribution in [0, 0.1) is 16.7 Å². The topological polar surface area (TPSA) is 82.0 Å². The second-order valence-electron chi connectivity index (χ2n) is 6.05. The van der Waals surface area contributed by atoms with Gasteiger partial charge in [0.25, 0.3) is 0 Å². The minimum absolute atomic E-state index is 0.235. The molecule has 25 heavy (non-hydrogen) atoms. The number of rotatable bonds is 5. The van der Waals surface area contributed by atoms with Crippen LogP contribution in [0.4, 0.5) is 5.69 Å². The number of hydrogen-bond acceptors (Lipinski definition) is 3. The zero-order valence-corrected chi connectivity index (χ0v) is 14.7. The van der Waals surface area contributed by atoms with Crippen molar-refractivity contribution < 1.29 is 9.59 Å². The third-order valence-corrected chi connectivity index (χ3v) is 4.15. The number of carbonyl (C=O) groups is 2. The summed E-state index contributed by atoms with van der Waals surface area (Å²) in [4.78, 5) is 24.9. The molecule has 0 unspecified atom stereocenters. The molecule has 0 aromatic heterocycles. The first-order valence-electron chi connectivity index (χ1n) is 7.68. The first-order valence-corrected chi connectivity index (χ1v) is 8.05. The van der Waals surface area contributed by atoms with E-state index < -0.39 is 17.2 Å². The number of benzene rings is 2. The van der Waals surface area contributed by atoms with Crippen LogP contribution in [-0.4, -0.2) is 11.8 Å². The van der Waals surface area contributed by atoms with Gasteiger partial charge in [0.15, 0.2) is 0 Å². The van der Waals surface area contributed by atoms with Crippen molar-refractivity contribution >= 4 is 29.1 Å². The Bertz CT molecular complexity index is 841. The Hall–Kier alpha value is -2.84. The van der Waals surface area contributed by atoms with Crippen LogP contribution < -0.4 is 10.6 Å². The fourth-order valence-corrected chi connectivity index (χ4v) is 2.30. The number of carbonyl (C=O) groups excluding carboxylic acids is 2. The lowest BCUT2D eigenvalue weighted by Crippen LogP contribution is -2.44. The summed E-state index contributed by atoms with van der Waals surface area (Å²) in [6, 6.07) is 15.7. The Balaban J connectivity index is 2.03. The van der Waals surface area contributed by atoms with Gasteiger partial charge in [-0.05, 0) is 43.7 Å². The fourth-order valence-electron chi connectivity index (χ4n) is 2.10. The SMILES string of the molecule is CC(C)(C(=O)NCc1ccccc1Cl)C(=O)Nc1cccc(C#N)c1. The van der Waals surface area contributed by atoms with Crippen LogP contribution in [0.15, 0.2) is 48.5 Å². The minimum atomic E-state index is -1.29. The Labute approximate surface area is 151 Å². The Morgan fingerprint density at radius 1 is 1.12 bits per heavy atom. The number of nitriles is 1. The molecule has 2 rings (SSSR count). The fraction of sp³-hybridized carbons (Fsp3) is 0.211. The Kier molecular flexibility index (Phi) is 5.79. The van der Waals surface area contributed by atoms with Gasteiger partial charge in [0.05, 0.1) is 11.6 Å². The highest BCUT2D eigenvalue weighted by Crippen LogP contribution is 2.21. The predicted molar refractivity (Wildman–Crippen MR) is 96.9 cm³/mol. The number of anilines is 1. The molecule has 5 nitrogen and oxygen atoms in total. The van der Waals surface area contributed by atoms with Gasteiger partial charge in [-0.3, -0.25) is 9.59 Å². The van der Waals surface area contributed by atoms with Crippen molar-refractivity contribution in [1.82, 2.24) is 5.32 Å². The number of halogens is 1. The minimum Gasteiger partial charge on any atom is -0.351 e.